The number of aromatic nitrogens is 5. The molecule has 4 aromatic carbocycles. The molecule has 7 nitrogen and oxygen atoms in total. The molecule has 2 aromatic heterocycles. The van der Waals surface area contributed by atoms with Crippen LogP contribution in [0.3, 0.4) is 0 Å². The van der Waals surface area contributed by atoms with Crippen LogP contribution >= 0.6 is 0 Å². The van der Waals surface area contributed by atoms with Crippen molar-refractivity contribution in [3.63, 3.8) is 0 Å². The maximum Gasteiger partial charge on any atom is 0.184 e. The summed E-state index contributed by atoms with van der Waals surface area (Å²) in [5.41, 5.74) is 7.11. The lowest BCUT2D eigenvalue weighted by Crippen LogP contribution is -2.13. The van der Waals surface area contributed by atoms with E-state index in [4.69, 9.17) is 0 Å². The second kappa shape index (κ2) is 10.4. The second-order valence-electron chi connectivity index (χ2n) is 9.03. The van der Waals surface area contributed by atoms with E-state index in [9.17, 15) is 10.1 Å². The predicted molar refractivity (Wildman–Crippen MR) is 151 cm³/mol. The first-order valence-corrected chi connectivity index (χ1v) is 12.4. The number of ketones is 1. The van der Waals surface area contributed by atoms with Crippen molar-refractivity contribution >= 4 is 29.0 Å². The van der Waals surface area contributed by atoms with Gasteiger partial charge in [-0.1, -0.05) is 108 Å². The Hall–Kier alpha value is -5.61. The minimum absolute atomic E-state index is 0.0458. The average molecular weight is 507 g/mol. The number of hydrogen-bond acceptors (Lipinski definition) is 5. The van der Waals surface area contributed by atoms with Gasteiger partial charge in [-0.15, -0.1) is 5.10 Å². The minimum atomic E-state index is -0.130. The normalized spacial score (nSPS) is 11.2. The highest BCUT2D eigenvalue weighted by molar-refractivity contribution is 5.96. The number of aromatic amines is 1. The number of rotatable bonds is 7. The van der Waals surface area contributed by atoms with Crippen molar-refractivity contribution in [3.05, 3.63) is 126 Å². The Balaban J connectivity index is 1.15. The van der Waals surface area contributed by atoms with Gasteiger partial charge in [0.05, 0.1) is 11.0 Å². The quantitative estimate of drug-likeness (QED) is 0.199. The fraction of sp³-hybridized carbons (Fsp3) is 0.0312. The number of para-hydroxylation sites is 2. The van der Waals surface area contributed by atoms with E-state index in [1.807, 2.05) is 66.7 Å². The van der Waals surface area contributed by atoms with Crippen molar-refractivity contribution in [1.29, 1.82) is 5.26 Å². The summed E-state index contributed by atoms with van der Waals surface area (Å²) in [5, 5.41) is 18.0. The Morgan fingerprint density at radius 2 is 1.46 bits per heavy atom. The molecule has 6 rings (SSSR count). The number of Topliss-reactive ketones (excluding diaryl/α,β-unsaturated/α-hetero) is 1. The van der Waals surface area contributed by atoms with Gasteiger partial charge in [-0.25, -0.2) is 9.67 Å². The Kier molecular flexibility index (Phi) is 6.34. The third kappa shape index (κ3) is 4.99. The molecular weight excluding hydrogens is 484 g/mol. The van der Waals surface area contributed by atoms with E-state index in [0.29, 0.717) is 11.3 Å². The standard InChI is InChI=1S/C32H22N6O/c33-20-29-31(36-37-38(29)21-30(39)24-6-2-1-3-7-24)25-16-12-22(13-17-25)10-11-23-14-18-26(19-15-23)32-34-27-8-4-5-9-28(27)35-32/h1-19H,21H2,(H,34,35). The van der Waals surface area contributed by atoms with Gasteiger partial charge in [0.25, 0.3) is 0 Å². The van der Waals surface area contributed by atoms with Gasteiger partial charge < -0.3 is 4.98 Å². The number of nitriles is 1. The lowest BCUT2D eigenvalue weighted by atomic mass is 10.1. The van der Waals surface area contributed by atoms with Crippen LogP contribution in [0.2, 0.25) is 0 Å². The van der Waals surface area contributed by atoms with Crippen LogP contribution in [0.15, 0.2) is 103 Å². The molecule has 0 atom stereocenters. The van der Waals surface area contributed by atoms with Gasteiger partial charge in [-0.2, -0.15) is 5.26 Å². The van der Waals surface area contributed by atoms with E-state index < -0.39 is 0 Å². The lowest BCUT2D eigenvalue weighted by molar-refractivity contribution is 0.0966. The van der Waals surface area contributed by atoms with E-state index in [1.54, 1.807) is 24.3 Å². The molecule has 0 saturated heterocycles. The number of hydrogen-bond donors (Lipinski definition) is 1. The lowest BCUT2D eigenvalue weighted by Gasteiger charge is -2.03. The fourth-order valence-electron chi connectivity index (χ4n) is 4.37. The van der Waals surface area contributed by atoms with E-state index in [1.165, 1.54) is 4.68 Å². The van der Waals surface area contributed by atoms with Crippen LogP contribution in [-0.2, 0) is 6.54 Å². The molecule has 2 heterocycles. The number of nitrogens with zero attached hydrogens (tertiary/aromatic N) is 5. The molecule has 0 radical (unpaired) electrons. The number of fused-ring (bicyclic) bond motifs is 1. The summed E-state index contributed by atoms with van der Waals surface area (Å²) in [7, 11) is 0. The maximum absolute atomic E-state index is 12.6. The molecule has 0 spiro atoms. The molecule has 7 heteroatoms. The van der Waals surface area contributed by atoms with Gasteiger partial charge in [0.2, 0.25) is 0 Å². The third-order valence-electron chi connectivity index (χ3n) is 6.46. The molecule has 0 bridgehead atoms. The Bertz CT molecular complexity index is 1810. The van der Waals surface area contributed by atoms with Crippen molar-refractivity contribution < 1.29 is 4.79 Å². The van der Waals surface area contributed by atoms with Gasteiger partial charge >= 0.3 is 0 Å². The van der Waals surface area contributed by atoms with Crippen LogP contribution in [0.4, 0.5) is 0 Å². The van der Waals surface area contributed by atoms with Crippen molar-refractivity contribution in [3.8, 4) is 28.7 Å². The molecule has 0 unspecified atom stereocenters. The first-order valence-electron chi connectivity index (χ1n) is 12.4. The smallest absolute Gasteiger partial charge is 0.184 e. The predicted octanol–water partition coefficient (Wildman–Crippen LogP) is 6.41. The van der Waals surface area contributed by atoms with Crippen molar-refractivity contribution in [2.45, 2.75) is 6.54 Å². The van der Waals surface area contributed by atoms with Crippen LogP contribution in [0.25, 0.3) is 45.8 Å². The molecule has 0 saturated carbocycles. The number of H-pyrrole nitrogens is 1. The number of benzene rings is 4. The molecule has 0 aliphatic rings. The summed E-state index contributed by atoms with van der Waals surface area (Å²) in [6.07, 6.45) is 4.07. The SMILES string of the molecule is N#Cc1c(-c2ccc(C=Cc3ccc(-c4nc5ccccc5[nH]4)cc3)cc2)nnn1CC(=O)c1ccccc1. The van der Waals surface area contributed by atoms with Crippen LogP contribution in [0.5, 0.6) is 0 Å². The van der Waals surface area contributed by atoms with Crippen LogP contribution in [-0.4, -0.2) is 30.7 Å². The Labute approximate surface area is 224 Å². The van der Waals surface area contributed by atoms with E-state index in [0.717, 1.165) is 39.1 Å². The van der Waals surface area contributed by atoms with Gasteiger partial charge in [0.1, 0.15) is 24.1 Å². The van der Waals surface area contributed by atoms with Crippen molar-refractivity contribution in [2.24, 2.45) is 0 Å². The highest BCUT2D eigenvalue weighted by atomic mass is 16.1. The number of carbonyl (C=O) groups excluding carboxylic acids is 1. The molecule has 0 aliphatic heterocycles. The van der Waals surface area contributed by atoms with Crippen LogP contribution in [0, 0.1) is 11.3 Å². The molecule has 0 fully saturated rings. The molecule has 1 N–H and O–H groups in total. The fourth-order valence-corrected chi connectivity index (χ4v) is 4.37. The van der Waals surface area contributed by atoms with Crippen molar-refractivity contribution in [1.82, 2.24) is 25.0 Å². The van der Waals surface area contributed by atoms with Crippen LogP contribution in [0.1, 0.15) is 27.2 Å². The summed E-state index contributed by atoms with van der Waals surface area (Å²) in [4.78, 5) is 20.6. The molecule has 39 heavy (non-hydrogen) atoms. The highest BCUT2D eigenvalue weighted by Crippen LogP contribution is 2.24. The number of carbonyl (C=O) groups is 1. The molecular formula is C32H22N6O. The topological polar surface area (TPSA) is 100 Å². The average Bonchev–Trinajstić information content (AvgIpc) is 3.61. The van der Waals surface area contributed by atoms with Gasteiger partial charge in [0.15, 0.2) is 11.5 Å². The summed E-state index contributed by atoms with van der Waals surface area (Å²) in [6, 6.07) is 35.0. The summed E-state index contributed by atoms with van der Waals surface area (Å²) in [6.45, 7) is -0.0458. The molecule has 186 valence electrons. The molecule has 0 aliphatic carbocycles. The zero-order valence-corrected chi connectivity index (χ0v) is 20.8. The summed E-state index contributed by atoms with van der Waals surface area (Å²) >= 11 is 0. The van der Waals surface area contributed by atoms with Gasteiger partial charge in [-0.05, 0) is 23.3 Å². The zero-order chi connectivity index (χ0) is 26.6. The van der Waals surface area contributed by atoms with Crippen molar-refractivity contribution in [2.75, 3.05) is 0 Å². The number of nitrogens with one attached hydrogen (secondary N) is 1. The van der Waals surface area contributed by atoms with E-state index in [2.05, 4.69) is 50.6 Å². The van der Waals surface area contributed by atoms with Gasteiger partial charge in [-0.3, -0.25) is 4.79 Å². The van der Waals surface area contributed by atoms with E-state index >= 15 is 0 Å². The maximum atomic E-state index is 12.6. The van der Waals surface area contributed by atoms with Crippen LogP contribution < -0.4 is 0 Å². The summed E-state index contributed by atoms with van der Waals surface area (Å²) in [5.74, 6) is 0.718. The summed E-state index contributed by atoms with van der Waals surface area (Å²) < 4.78 is 1.35. The first-order chi connectivity index (χ1) is 19.2. The first kappa shape index (κ1) is 23.8. The van der Waals surface area contributed by atoms with E-state index in [-0.39, 0.29) is 18.0 Å². The largest absolute Gasteiger partial charge is 0.338 e. The Morgan fingerprint density at radius 3 is 2.13 bits per heavy atom. The minimum Gasteiger partial charge on any atom is -0.338 e. The second-order valence-corrected chi connectivity index (χ2v) is 9.03. The zero-order valence-electron chi connectivity index (χ0n) is 20.8. The Morgan fingerprint density at radius 1 is 0.821 bits per heavy atom. The van der Waals surface area contributed by atoms with Gasteiger partial charge in [0, 0.05) is 16.7 Å². The molecule has 0 amide bonds. The third-order valence-corrected chi connectivity index (χ3v) is 6.46. The highest BCUT2D eigenvalue weighted by Gasteiger charge is 2.17. The molecule has 6 aromatic rings. The number of imidazole rings is 1. The monoisotopic (exact) mass is 506 g/mol.